The van der Waals surface area contributed by atoms with Crippen molar-refractivity contribution in [1.82, 2.24) is 0 Å². The van der Waals surface area contributed by atoms with Crippen LogP contribution in [0.3, 0.4) is 0 Å². The number of rotatable bonds is 4. The number of anilines is 1. The number of nitrogens with zero attached hydrogens (tertiary/aromatic N) is 1. The summed E-state index contributed by atoms with van der Waals surface area (Å²) in [5.41, 5.74) is 3.47. The minimum absolute atomic E-state index is 0.114. The first-order chi connectivity index (χ1) is 7.96. The molecule has 1 aromatic rings. The highest BCUT2D eigenvalue weighted by molar-refractivity contribution is 5.72. The van der Waals surface area contributed by atoms with Gasteiger partial charge in [-0.2, -0.15) is 0 Å². The molecule has 0 amide bonds. The smallest absolute Gasteiger partial charge is 0.304 e. The van der Waals surface area contributed by atoms with E-state index in [9.17, 15) is 4.79 Å². The first-order valence-electron chi connectivity index (χ1n) is 5.95. The van der Waals surface area contributed by atoms with Crippen molar-refractivity contribution in [2.24, 2.45) is 0 Å². The second kappa shape index (κ2) is 4.06. The van der Waals surface area contributed by atoms with Crippen LogP contribution in [0, 0.1) is 6.92 Å². The number of hydrogen-bond acceptors (Lipinski definition) is 2. The van der Waals surface area contributed by atoms with Crippen LogP contribution in [0.2, 0.25) is 0 Å². The minimum Gasteiger partial charge on any atom is -0.481 e. The minimum atomic E-state index is -0.699. The van der Waals surface area contributed by atoms with Gasteiger partial charge in [-0.15, -0.1) is 0 Å². The molecule has 17 heavy (non-hydrogen) atoms. The highest BCUT2D eigenvalue weighted by atomic mass is 16.4. The molecule has 1 aromatic carbocycles. The standard InChI is InChI=1S/C14H19NO2/c1-10-5-4-6-11(15(2)3)13(10)14(7-8-14)9-12(16)17/h4-6H,7-9H2,1-3H3,(H,16,17). The fourth-order valence-corrected chi connectivity index (χ4v) is 2.67. The highest BCUT2D eigenvalue weighted by Crippen LogP contribution is 2.54. The number of carboxylic acid groups (broad SMARTS) is 1. The van der Waals surface area contributed by atoms with Gasteiger partial charge in [0.05, 0.1) is 6.42 Å². The predicted molar refractivity (Wildman–Crippen MR) is 68.7 cm³/mol. The van der Waals surface area contributed by atoms with Crippen LogP contribution in [0.5, 0.6) is 0 Å². The summed E-state index contributed by atoms with van der Waals surface area (Å²) >= 11 is 0. The summed E-state index contributed by atoms with van der Waals surface area (Å²) in [5.74, 6) is -0.699. The molecule has 1 saturated carbocycles. The van der Waals surface area contributed by atoms with Gasteiger partial charge in [0.2, 0.25) is 0 Å². The Kier molecular flexibility index (Phi) is 2.86. The van der Waals surface area contributed by atoms with Gasteiger partial charge in [0.1, 0.15) is 0 Å². The van der Waals surface area contributed by atoms with Gasteiger partial charge >= 0.3 is 5.97 Å². The third-order valence-electron chi connectivity index (χ3n) is 3.61. The molecular formula is C14H19NO2. The molecule has 3 heteroatoms. The Morgan fingerprint density at radius 1 is 1.41 bits per heavy atom. The van der Waals surface area contributed by atoms with Crippen molar-refractivity contribution in [2.45, 2.75) is 31.6 Å². The molecule has 1 aliphatic rings. The molecule has 1 aliphatic carbocycles. The van der Waals surface area contributed by atoms with Crippen LogP contribution in [0.15, 0.2) is 18.2 Å². The van der Waals surface area contributed by atoms with Gasteiger partial charge in [-0.3, -0.25) is 4.79 Å². The van der Waals surface area contributed by atoms with Crippen LogP contribution in [-0.4, -0.2) is 25.2 Å². The van der Waals surface area contributed by atoms with E-state index in [0.717, 1.165) is 18.5 Å². The molecule has 3 nitrogen and oxygen atoms in total. The molecule has 0 aromatic heterocycles. The van der Waals surface area contributed by atoms with E-state index in [0.29, 0.717) is 0 Å². The number of hydrogen-bond donors (Lipinski definition) is 1. The first-order valence-corrected chi connectivity index (χ1v) is 5.95. The van der Waals surface area contributed by atoms with Crippen molar-refractivity contribution in [3.05, 3.63) is 29.3 Å². The van der Waals surface area contributed by atoms with Gasteiger partial charge in [0.15, 0.2) is 0 Å². The van der Waals surface area contributed by atoms with Crippen molar-refractivity contribution in [3.8, 4) is 0 Å². The van der Waals surface area contributed by atoms with Gasteiger partial charge in [-0.25, -0.2) is 0 Å². The van der Waals surface area contributed by atoms with E-state index in [-0.39, 0.29) is 11.8 Å². The lowest BCUT2D eigenvalue weighted by molar-refractivity contribution is -0.137. The fraction of sp³-hybridized carbons (Fsp3) is 0.500. The molecule has 0 heterocycles. The maximum Gasteiger partial charge on any atom is 0.304 e. The predicted octanol–water partition coefficient (Wildman–Crippen LogP) is 2.57. The SMILES string of the molecule is Cc1cccc(N(C)C)c1C1(CC(=O)O)CC1. The van der Waals surface area contributed by atoms with Crippen molar-refractivity contribution in [2.75, 3.05) is 19.0 Å². The van der Waals surface area contributed by atoms with Crippen molar-refractivity contribution < 1.29 is 9.90 Å². The highest BCUT2D eigenvalue weighted by Gasteiger charge is 2.48. The topological polar surface area (TPSA) is 40.5 Å². The molecule has 0 saturated heterocycles. The molecule has 1 fully saturated rings. The van der Waals surface area contributed by atoms with E-state index in [4.69, 9.17) is 5.11 Å². The van der Waals surface area contributed by atoms with Crippen molar-refractivity contribution in [1.29, 1.82) is 0 Å². The molecule has 0 spiro atoms. The second-order valence-electron chi connectivity index (χ2n) is 5.21. The van der Waals surface area contributed by atoms with E-state index >= 15 is 0 Å². The quantitative estimate of drug-likeness (QED) is 0.869. The Bertz CT molecular complexity index is 448. The monoisotopic (exact) mass is 233 g/mol. The zero-order valence-corrected chi connectivity index (χ0v) is 10.7. The zero-order chi connectivity index (χ0) is 12.6. The number of carbonyl (C=O) groups is 1. The molecule has 0 atom stereocenters. The van der Waals surface area contributed by atoms with Gasteiger partial charge in [0, 0.05) is 25.2 Å². The molecule has 92 valence electrons. The lowest BCUT2D eigenvalue weighted by atomic mass is 9.87. The molecule has 0 radical (unpaired) electrons. The van der Waals surface area contributed by atoms with Crippen LogP contribution in [-0.2, 0) is 10.2 Å². The molecule has 2 rings (SSSR count). The first kappa shape index (κ1) is 12.0. The van der Waals surface area contributed by atoms with Crippen LogP contribution in [0.4, 0.5) is 5.69 Å². The number of aryl methyl sites for hydroxylation is 1. The summed E-state index contributed by atoms with van der Waals surface area (Å²) < 4.78 is 0. The van der Waals surface area contributed by atoms with Crippen molar-refractivity contribution in [3.63, 3.8) is 0 Å². The molecular weight excluding hydrogens is 214 g/mol. The van der Waals surface area contributed by atoms with Crippen molar-refractivity contribution >= 4 is 11.7 Å². The molecule has 1 N–H and O–H groups in total. The maximum atomic E-state index is 11.0. The van der Waals surface area contributed by atoms with Gasteiger partial charge in [-0.05, 0) is 37.0 Å². The summed E-state index contributed by atoms with van der Waals surface area (Å²) in [6, 6.07) is 6.18. The summed E-state index contributed by atoms with van der Waals surface area (Å²) in [6.07, 6.45) is 2.23. The Morgan fingerprint density at radius 2 is 2.06 bits per heavy atom. The largest absolute Gasteiger partial charge is 0.481 e. The van der Waals surface area contributed by atoms with Crippen LogP contribution >= 0.6 is 0 Å². The van der Waals surface area contributed by atoms with E-state index in [1.807, 2.05) is 20.2 Å². The number of benzene rings is 1. The van der Waals surface area contributed by atoms with E-state index in [2.05, 4.69) is 24.0 Å². The van der Waals surface area contributed by atoms with Gasteiger partial charge in [0.25, 0.3) is 0 Å². The number of carboxylic acids is 1. The van der Waals surface area contributed by atoms with Gasteiger partial charge in [-0.1, -0.05) is 12.1 Å². The van der Waals surface area contributed by atoms with E-state index < -0.39 is 5.97 Å². The summed E-state index contributed by atoms with van der Waals surface area (Å²) in [4.78, 5) is 13.1. The van der Waals surface area contributed by atoms with Gasteiger partial charge < -0.3 is 10.0 Å². The lowest BCUT2D eigenvalue weighted by Crippen LogP contribution is -2.20. The molecule has 0 aliphatic heterocycles. The molecule has 0 bridgehead atoms. The average Bonchev–Trinajstić information content (AvgIpc) is 2.96. The normalized spacial score (nSPS) is 16.6. The van der Waals surface area contributed by atoms with E-state index in [1.165, 1.54) is 11.1 Å². The van der Waals surface area contributed by atoms with Crippen LogP contribution in [0.1, 0.15) is 30.4 Å². The average molecular weight is 233 g/mol. The van der Waals surface area contributed by atoms with E-state index in [1.54, 1.807) is 0 Å². The van der Waals surface area contributed by atoms with Crippen LogP contribution in [0.25, 0.3) is 0 Å². The number of aliphatic carboxylic acids is 1. The third-order valence-corrected chi connectivity index (χ3v) is 3.61. The zero-order valence-electron chi connectivity index (χ0n) is 10.7. The Labute approximate surface area is 102 Å². The Hall–Kier alpha value is -1.51. The Morgan fingerprint density at radius 3 is 2.53 bits per heavy atom. The lowest BCUT2D eigenvalue weighted by Gasteiger charge is -2.25. The summed E-state index contributed by atoms with van der Waals surface area (Å²) in [6.45, 7) is 2.07. The van der Waals surface area contributed by atoms with Crippen LogP contribution < -0.4 is 4.90 Å². The second-order valence-corrected chi connectivity index (χ2v) is 5.21. The Balaban J connectivity index is 2.47. The third kappa shape index (κ3) is 2.14. The maximum absolute atomic E-state index is 11.0. The summed E-state index contributed by atoms with van der Waals surface area (Å²) in [7, 11) is 4.02. The summed E-state index contributed by atoms with van der Waals surface area (Å²) in [5, 5.41) is 9.06. The fourth-order valence-electron chi connectivity index (χ4n) is 2.67. The molecule has 0 unspecified atom stereocenters.